The molecule has 7 nitrogen and oxygen atoms in total. The van der Waals surface area contributed by atoms with Crippen molar-refractivity contribution in [3.05, 3.63) is 112 Å². The molecular formula is C32H34N4O3. The Morgan fingerprint density at radius 3 is 2.31 bits per heavy atom. The lowest BCUT2D eigenvalue weighted by atomic mass is 9.85. The van der Waals surface area contributed by atoms with E-state index in [0.717, 1.165) is 22.4 Å². The molecule has 2 aliphatic rings. The first-order valence-corrected chi connectivity index (χ1v) is 13.2. The fraction of sp³-hybridized carbons (Fsp3) is 0.281. The van der Waals surface area contributed by atoms with E-state index in [9.17, 15) is 14.4 Å². The highest BCUT2D eigenvalue weighted by Crippen LogP contribution is 2.36. The molecule has 1 atom stereocenters. The summed E-state index contributed by atoms with van der Waals surface area (Å²) in [6, 6.07) is 24.9. The number of amides is 4. The Labute approximate surface area is 229 Å². The fourth-order valence-corrected chi connectivity index (χ4v) is 5.15. The van der Waals surface area contributed by atoms with Crippen LogP contribution in [0.5, 0.6) is 0 Å². The minimum atomic E-state index is -0.565. The highest BCUT2D eigenvalue weighted by atomic mass is 16.2. The van der Waals surface area contributed by atoms with Gasteiger partial charge in [0.25, 0.3) is 5.91 Å². The second-order valence-electron chi connectivity index (χ2n) is 11.2. The van der Waals surface area contributed by atoms with Gasteiger partial charge >= 0.3 is 6.03 Å². The lowest BCUT2D eigenvalue weighted by Gasteiger charge is -2.31. The van der Waals surface area contributed by atoms with Crippen molar-refractivity contribution in [1.29, 1.82) is 0 Å². The third kappa shape index (κ3) is 5.43. The summed E-state index contributed by atoms with van der Waals surface area (Å²) in [5.41, 5.74) is 6.01. The zero-order valence-electron chi connectivity index (χ0n) is 22.8. The molecule has 1 unspecified atom stereocenters. The molecule has 0 aliphatic carbocycles. The van der Waals surface area contributed by atoms with E-state index in [1.807, 2.05) is 66.7 Å². The van der Waals surface area contributed by atoms with Gasteiger partial charge in [0.2, 0.25) is 5.91 Å². The van der Waals surface area contributed by atoms with Crippen molar-refractivity contribution in [2.24, 2.45) is 0 Å². The van der Waals surface area contributed by atoms with Gasteiger partial charge in [-0.15, -0.1) is 0 Å². The van der Waals surface area contributed by atoms with Crippen LogP contribution in [0.25, 0.3) is 0 Å². The number of nitrogens with zero attached hydrogens (tertiary/aromatic N) is 2. The Bertz CT molecular complexity index is 1440. The Kier molecular flexibility index (Phi) is 7.00. The molecular weight excluding hydrogens is 488 g/mol. The van der Waals surface area contributed by atoms with Crippen LogP contribution in [0, 0.1) is 0 Å². The molecule has 2 aliphatic heterocycles. The zero-order valence-corrected chi connectivity index (χ0v) is 22.8. The molecule has 39 heavy (non-hydrogen) atoms. The van der Waals surface area contributed by atoms with Crippen LogP contribution in [0.4, 0.5) is 10.5 Å². The molecule has 0 radical (unpaired) electrons. The number of para-hydroxylation sites is 1. The monoisotopic (exact) mass is 522 g/mol. The standard InChI is InChI=1S/C32H34N4O3/c1-32(2,3)24-16-14-22(15-17-24)29-28-26(35(4)31(39)34-29)19-36(30(28)38)20-27(37)33-25-13-9-8-12-23(25)18-21-10-6-5-7-11-21/h5-17,29H,18-20H2,1-4H3,(H,33,37)(H,34,39). The van der Waals surface area contributed by atoms with Crippen LogP contribution in [0.3, 0.4) is 0 Å². The summed E-state index contributed by atoms with van der Waals surface area (Å²) >= 11 is 0. The lowest BCUT2D eigenvalue weighted by Crippen LogP contribution is -2.45. The van der Waals surface area contributed by atoms with Gasteiger partial charge in [0.05, 0.1) is 23.9 Å². The number of hydrogen-bond acceptors (Lipinski definition) is 3. The Morgan fingerprint density at radius 1 is 0.949 bits per heavy atom. The number of urea groups is 1. The predicted octanol–water partition coefficient (Wildman–Crippen LogP) is 5.01. The highest BCUT2D eigenvalue weighted by molar-refractivity contribution is 6.04. The van der Waals surface area contributed by atoms with E-state index < -0.39 is 6.04 Å². The van der Waals surface area contributed by atoms with Gasteiger partial charge in [0.1, 0.15) is 6.54 Å². The first kappa shape index (κ1) is 26.2. The molecule has 0 saturated heterocycles. The predicted molar refractivity (Wildman–Crippen MR) is 152 cm³/mol. The van der Waals surface area contributed by atoms with Gasteiger partial charge in [-0.1, -0.05) is 93.6 Å². The van der Waals surface area contributed by atoms with Crippen LogP contribution in [0.2, 0.25) is 0 Å². The average molecular weight is 523 g/mol. The van der Waals surface area contributed by atoms with Crippen molar-refractivity contribution in [3.8, 4) is 0 Å². The van der Waals surface area contributed by atoms with E-state index in [1.54, 1.807) is 7.05 Å². The van der Waals surface area contributed by atoms with Crippen molar-refractivity contribution in [2.75, 3.05) is 25.5 Å². The summed E-state index contributed by atoms with van der Waals surface area (Å²) in [5, 5.41) is 5.96. The molecule has 0 spiro atoms. The van der Waals surface area contributed by atoms with E-state index in [2.05, 4.69) is 43.5 Å². The van der Waals surface area contributed by atoms with Gasteiger partial charge in [0, 0.05) is 12.7 Å². The number of carbonyl (C=O) groups excluding carboxylic acids is 3. The second kappa shape index (κ2) is 10.4. The quantitative estimate of drug-likeness (QED) is 0.478. The lowest BCUT2D eigenvalue weighted by molar-refractivity contribution is -0.130. The maximum absolute atomic E-state index is 13.6. The summed E-state index contributed by atoms with van der Waals surface area (Å²) in [6.07, 6.45) is 0.685. The van der Waals surface area contributed by atoms with Gasteiger partial charge in [-0.25, -0.2) is 4.79 Å². The maximum atomic E-state index is 13.6. The smallest absolute Gasteiger partial charge is 0.322 e. The summed E-state index contributed by atoms with van der Waals surface area (Å²) in [4.78, 5) is 42.5. The summed E-state index contributed by atoms with van der Waals surface area (Å²) in [5.74, 6) is -0.522. The first-order valence-electron chi connectivity index (χ1n) is 13.2. The van der Waals surface area contributed by atoms with Crippen molar-refractivity contribution < 1.29 is 14.4 Å². The number of anilines is 1. The van der Waals surface area contributed by atoms with E-state index in [4.69, 9.17) is 0 Å². The number of hydrogen-bond donors (Lipinski definition) is 2. The van der Waals surface area contributed by atoms with Crippen LogP contribution in [0.1, 0.15) is 49.1 Å². The summed E-state index contributed by atoms with van der Waals surface area (Å²) in [6.45, 7) is 6.52. The molecule has 3 aromatic carbocycles. The van der Waals surface area contributed by atoms with Crippen molar-refractivity contribution >= 4 is 23.5 Å². The molecule has 0 bridgehead atoms. The van der Waals surface area contributed by atoms with Gasteiger partial charge in [-0.3, -0.25) is 14.5 Å². The van der Waals surface area contributed by atoms with E-state index >= 15 is 0 Å². The normalized spacial score (nSPS) is 17.3. The van der Waals surface area contributed by atoms with Gasteiger partial charge in [0.15, 0.2) is 0 Å². The van der Waals surface area contributed by atoms with Crippen LogP contribution in [-0.2, 0) is 21.4 Å². The topological polar surface area (TPSA) is 81.8 Å². The SMILES string of the molecule is CN1C(=O)NC(c2ccc(C(C)(C)C)cc2)C2=C1CN(CC(=O)Nc1ccccc1Cc1ccccc1)C2=O. The molecule has 2 N–H and O–H groups in total. The first-order chi connectivity index (χ1) is 18.6. The highest BCUT2D eigenvalue weighted by Gasteiger charge is 2.43. The van der Waals surface area contributed by atoms with Gasteiger partial charge in [-0.05, 0) is 40.2 Å². The summed E-state index contributed by atoms with van der Waals surface area (Å²) < 4.78 is 0. The van der Waals surface area contributed by atoms with Gasteiger partial charge in [-0.2, -0.15) is 0 Å². The van der Waals surface area contributed by atoms with E-state index in [-0.39, 0.29) is 36.3 Å². The second-order valence-corrected chi connectivity index (χ2v) is 11.2. The van der Waals surface area contributed by atoms with Crippen molar-refractivity contribution in [3.63, 3.8) is 0 Å². The van der Waals surface area contributed by atoms with Gasteiger partial charge < -0.3 is 15.5 Å². The fourth-order valence-electron chi connectivity index (χ4n) is 5.15. The summed E-state index contributed by atoms with van der Waals surface area (Å²) in [7, 11) is 1.65. The third-order valence-electron chi connectivity index (χ3n) is 7.41. The number of rotatable bonds is 6. The zero-order chi connectivity index (χ0) is 27.7. The molecule has 200 valence electrons. The molecule has 2 heterocycles. The average Bonchev–Trinajstić information content (AvgIpc) is 3.23. The molecule has 3 aromatic rings. The molecule has 7 heteroatoms. The number of nitrogens with one attached hydrogen (secondary N) is 2. The Balaban J connectivity index is 1.32. The minimum absolute atomic E-state index is 0.00789. The molecule has 0 fully saturated rings. The number of likely N-dealkylation sites (N-methyl/N-ethyl adjacent to an activating group) is 1. The van der Waals surface area contributed by atoms with Crippen LogP contribution >= 0.6 is 0 Å². The van der Waals surface area contributed by atoms with Crippen molar-refractivity contribution in [2.45, 2.75) is 38.6 Å². The van der Waals surface area contributed by atoms with E-state index in [1.165, 1.54) is 15.4 Å². The minimum Gasteiger partial charge on any atom is -0.327 e. The van der Waals surface area contributed by atoms with E-state index in [0.29, 0.717) is 17.7 Å². The van der Waals surface area contributed by atoms with Crippen LogP contribution in [0.15, 0.2) is 90.1 Å². The Hall–Kier alpha value is -4.39. The van der Waals surface area contributed by atoms with Crippen LogP contribution < -0.4 is 10.6 Å². The molecule has 0 saturated carbocycles. The van der Waals surface area contributed by atoms with Crippen LogP contribution in [-0.4, -0.2) is 47.8 Å². The number of benzene rings is 3. The molecule has 5 rings (SSSR count). The maximum Gasteiger partial charge on any atom is 0.322 e. The third-order valence-corrected chi connectivity index (χ3v) is 7.41. The number of carbonyl (C=O) groups is 3. The van der Waals surface area contributed by atoms with Crippen molar-refractivity contribution in [1.82, 2.24) is 15.1 Å². The molecule has 0 aromatic heterocycles. The Morgan fingerprint density at radius 2 is 1.62 bits per heavy atom. The largest absolute Gasteiger partial charge is 0.327 e. The molecule has 4 amide bonds.